The number of nitrogens with one attached hydrogen (secondary N) is 1. The number of nitrogens with zero attached hydrogens (tertiary/aromatic N) is 1. The van der Waals surface area contributed by atoms with Crippen LogP contribution < -0.4 is 5.73 Å². The summed E-state index contributed by atoms with van der Waals surface area (Å²) in [4.78, 5) is 2.57. The highest BCUT2D eigenvalue weighted by Gasteiger charge is 2.28. The molecule has 0 aromatic heterocycles. The third-order valence-electron chi connectivity index (χ3n) is 4.37. The Morgan fingerprint density at radius 3 is 2.47 bits per heavy atom. The quantitative estimate of drug-likeness (QED) is 0.648. The Balaban J connectivity index is 2.05. The lowest BCUT2D eigenvalue weighted by Crippen LogP contribution is -2.45. The highest BCUT2D eigenvalue weighted by Crippen LogP contribution is 2.28. The van der Waals surface area contributed by atoms with Crippen molar-refractivity contribution in [2.75, 3.05) is 6.54 Å². The minimum absolute atomic E-state index is 0.139. The fourth-order valence-electron chi connectivity index (χ4n) is 3.07. The molecule has 0 saturated carbocycles. The van der Waals surface area contributed by atoms with Gasteiger partial charge in [0.25, 0.3) is 0 Å². The van der Waals surface area contributed by atoms with Crippen molar-refractivity contribution >= 4 is 5.84 Å². The molecule has 104 valence electrons. The smallest absolute Gasteiger partial charge is 0.122 e. The normalized spacial score (nSPS) is 28.3. The summed E-state index contributed by atoms with van der Waals surface area (Å²) in [6.45, 7) is 9.20. The van der Waals surface area contributed by atoms with Gasteiger partial charge in [-0.3, -0.25) is 10.3 Å². The van der Waals surface area contributed by atoms with Crippen LogP contribution in [0.5, 0.6) is 0 Å². The summed E-state index contributed by atoms with van der Waals surface area (Å²) in [6.07, 6.45) is 1.33. The van der Waals surface area contributed by atoms with E-state index in [2.05, 4.69) is 37.8 Å². The summed E-state index contributed by atoms with van der Waals surface area (Å²) < 4.78 is 0. The largest absolute Gasteiger partial charge is 0.384 e. The summed E-state index contributed by atoms with van der Waals surface area (Å²) in [5.41, 5.74) is 7.59. The van der Waals surface area contributed by atoms with Crippen molar-refractivity contribution < 1.29 is 0 Å². The monoisotopic (exact) mass is 259 g/mol. The van der Waals surface area contributed by atoms with Crippen molar-refractivity contribution in [1.29, 1.82) is 5.41 Å². The van der Waals surface area contributed by atoms with Crippen molar-refractivity contribution in [3.63, 3.8) is 0 Å². The molecule has 3 heteroatoms. The van der Waals surface area contributed by atoms with Crippen LogP contribution in [0.15, 0.2) is 24.3 Å². The van der Waals surface area contributed by atoms with Gasteiger partial charge in [0.1, 0.15) is 5.84 Å². The van der Waals surface area contributed by atoms with E-state index in [1.54, 1.807) is 0 Å². The molecule has 2 rings (SSSR count). The van der Waals surface area contributed by atoms with Gasteiger partial charge in [-0.05, 0) is 30.7 Å². The molecule has 0 aliphatic carbocycles. The van der Waals surface area contributed by atoms with Gasteiger partial charge < -0.3 is 5.73 Å². The van der Waals surface area contributed by atoms with E-state index >= 15 is 0 Å². The molecular formula is C16H25N3. The first-order chi connectivity index (χ1) is 8.97. The van der Waals surface area contributed by atoms with Gasteiger partial charge in [-0.15, -0.1) is 0 Å². The topological polar surface area (TPSA) is 53.1 Å². The third-order valence-corrected chi connectivity index (χ3v) is 4.37. The minimum atomic E-state index is 0.139. The van der Waals surface area contributed by atoms with E-state index in [4.69, 9.17) is 11.1 Å². The second-order valence-corrected chi connectivity index (χ2v) is 6.10. The van der Waals surface area contributed by atoms with Crippen molar-refractivity contribution in [2.24, 2.45) is 17.6 Å². The number of nitrogen functional groups attached to an aromatic ring is 1. The van der Waals surface area contributed by atoms with Crippen molar-refractivity contribution in [3.05, 3.63) is 35.4 Å². The van der Waals surface area contributed by atoms with E-state index in [1.165, 1.54) is 18.5 Å². The highest BCUT2D eigenvalue weighted by atomic mass is 15.2. The van der Waals surface area contributed by atoms with Gasteiger partial charge in [0.2, 0.25) is 0 Å². The molecule has 0 radical (unpaired) electrons. The lowest BCUT2D eigenvalue weighted by molar-refractivity contribution is 0.0729. The molecule has 1 aromatic carbocycles. The number of rotatable bonds is 3. The Hall–Kier alpha value is -1.35. The van der Waals surface area contributed by atoms with E-state index in [1.807, 2.05) is 12.1 Å². The Morgan fingerprint density at radius 1 is 1.26 bits per heavy atom. The lowest BCUT2D eigenvalue weighted by atomic mass is 9.86. The number of nitrogens with two attached hydrogens (primary N) is 1. The molecule has 1 aromatic rings. The minimum Gasteiger partial charge on any atom is -0.384 e. The third kappa shape index (κ3) is 3.35. The van der Waals surface area contributed by atoms with Crippen LogP contribution in [0, 0.1) is 17.2 Å². The van der Waals surface area contributed by atoms with Crippen LogP contribution in [-0.4, -0.2) is 23.3 Å². The summed E-state index contributed by atoms with van der Waals surface area (Å²) >= 11 is 0. The fraction of sp³-hybridized carbons (Fsp3) is 0.562. The molecule has 1 fully saturated rings. The number of piperidine rings is 1. The molecule has 3 nitrogen and oxygen atoms in total. The van der Waals surface area contributed by atoms with Crippen LogP contribution in [0.2, 0.25) is 0 Å². The number of hydrogen-bond donors (Lipinski definition) is 2. The number of benzene rings is 1. The van der Waals surface area contributed by atoms with Gasteiger partial charge in [0, 0.05) is 24.7 Å². The predicted molar refractivity (Wildman–Crippen MR) is 80.3 cm³/mol. The zero-order valence-corrected chi connectivity index (χ0v) is 12.2. The average Bonchev–Trinajstić information content (AvgIpc) is 2.36. The Kier molecular flexibility index (Phi) is 4.25. The molecule has 1 heterocycles. The standard InChI is InChI=1S/C16H25N3/c1-11-8-12(2)13(3)19(9-11)10-14-4-6-15(7-5-14)16(17)18/h4-7,11-13H,8-10H2,1-3H3,(H3,17,18). The van der Waals surface area contributed by atoms with E-state index in [-0.39, 0.29) is 5.84 Å². The first kappa shape index (κ1) is 14.1. The van der Waals surface area contributed by atoms with Crippen molar-refractivity contribution in [3.8, 4) is 0 Å². The zero-order valence-electron chi connectivity index (χ0n) is 12.2. The molecule has 0 amide bonds. The van der Waals surface area contributed by atoms with Gasteiger partial charge in [0.15, 0.2) is 0 Å². The van der Waals surface area contributed by atoms with Crippen LogP contribution in [0.1, 0.15) is 38.3 Å². The first-order valence-electron chi connectivity index (χ1n) is 7.14. The molecule has 19 heavy (non-hydrogen) atoms. The molecule has 1 aliphatic heterocycles. The van der Waals surface area contributed by atoms with Crippen LogP contribution in [0.25, 0.3) is 0 Å². The summed E-state index contributed by atoms with van der Waals surface area (Å²) in [5, 5.41) is 7.41. The SMILES string of the molecule is CC1CC(C)C(C)N(Cc2ccc(C(=N)N)cc2)C1. The average molecular weight is 259 g/mol. The lowest BCUT2D eigenvalue weighted by Gasteiger charge is -2.41. The van der Waals surface area contributed by atoms with Crippen molar-refractivity contribution in [2.45, 2.75) is 39.8 Å². The van der Waals surface area contributed by atoms with E-state index in [0.29, 0.717) is 6.04 Å². The Morgan fingerprint density at radius 2 is 1.89 bits per heavy atom. The first-order valence-corrected chi connectivity index (χ1v) is 7.14. The van der Waals surface area contributed by atoms with E-state index in [9.17, 15) is 0 Å². The fourth-order valence-corrected chi connectivity index (χ4v) is 3.07. The number of likely N-dealkylation sites (tertiary alicyclic amines) is 1. The molecule has 3 N–H and O–H groups in total. The summed E-state index contributed by atoms with van der Waals surface area (Å²) in [7, 11) is 0. The molecular weight excluding hydrogens is 234 g/mol. The predicted octanol–water partition coefficient (Wildman–Crippen LogP) is 2.84. The van der Waals surface area contributed by atoms with Gasteiger partial charge in [-0.25, -0.2) is 0 Å². The van der Waals surface area contributed by atoms with Gasteiger partial charge in [-0.1, -0.05) is 38.1 Å². The van der Waals surface area contributed by atoms with E-state index in [0.717, 1.165) is 23.9 Å². The maximum atomic E-state index is 7.41. The molecule has 3 unspecified atom stereocenters. The second-order valence-electron chi connectivity index (χ2n) is 6.10. The number of hydrogen-bond acceptors (Lipinski definition) is 2. The van der Waals surface area contributed by atoms with Crippen LogP contribution >= 0.6 is 0 Å². The van der Waals surface area contributed by atoms with Crippen LogP contribution in [0.3, 0.4) is 0 Å². The summed E-state index contributed by atoms with van der Waals surface area (Å²) in [5.74, 6) is 1.68. The van der Waals surface area contributed by atoms with Gasteiger partial charge >= 0.3 is 0 Å². The number of amidine groups is 1. The van der Waals surface area contributed by atoms with Crippen LogP contribution in [-0.2, 0) is 6.54 Å². The molecule has 1 saturated heterocycles. The maximum Gasteiger partial charge on any atom is 0.122 e. The van der Waals surface area contributed by atoms with Crippen molar-refractivity contribution in [1.82, 2.24) is 4.90 Å². The highest BCUT2D eigenvalue weighted by molar-refractivity contribution is 5.94. The molecule has 1 aliphatic rings. The molecule has 0 spiro atoms. The van der Waals surface area contributed by atoms with Gasteiger partial charge in [-0.2, -0.15) is 0 Å². The van der Waals surface area contributed by atoms with E-state index < -0.39 is 0 Å². The van der Waals surface area contributed by atoms with Crippen LogP contribution in [0.4, 0.5) is 0 Å². The molecule has 0 bridgehead atoms. The van der Waals surface area contributed by atoms with Gasteiger partial charge in [0.05, 0.1) is 0 Å². The molecule has 3 atom stereocenters. The Labute approximate surface area is 116 Å². The second kappa shape index (κ2) is 5.74. The maximum absolute atomic E-state index is 7.41. The Bertz CT molecular complexity index is 438. The zero-order chi connectivity index (χ0) is 14.0. The summed E-state index contributed by atoms with van der Waals surface area (Å²) in [6, 6.07) is 8.71.